The van der Waals surface area contributed by atoms with Crippen molar-refractivity contribution in [3.05, 3.63) is 51.5 Å². The molecule has 0 radical (unpaired) electrons. The number of rotatable bonds is 3. The fourth-order valence-corrected chi connectivity index (χ4v) is 3.33. The van der Waals surface area contributed by atoms with Gasteiger partial charge in [-0.15, -0.1) is 11.3 Å². The van der Waals surface area contributed by atoms with Crippen LogP contribution in [0.2, 0.25) is 0 Å². The highest BCUT2D eigenvalue weighted by Crippen LogP contribution is 2.25. The van der Waals surface area contributed by atoms with E-state index < -0.39 is 5.97 Å². The predicted molar refractivity (Wildman–Crippen MR) is 73.3 cm³/mol. The fraction of sp³-hybridized carbons (Fsp3) is 0.286. The van der Waals surface area contributed by atoms with Crippen LogP contribution in [0.4, 0.5) is 0 Å². The van der Waals surface area contributed by atoms with E-state index in [0.717, 1.165) is 25.1 Å². The average Bonchev–Trinajstić information content (AvgIpc) is 2.86. The molecule has 1 N–H and O–H groups in total. The van der Waals surface area contributed by atoms with Crippen molar-refractivity contribution < 1.29 is 9.90 Å². The van der Waals surface area contributed by atoms with Crippen molar-refractivity contribution in [2.45, 2.75) is 19.5 Å². The van der Waals surface area contributed by atoms with Crippen molar-refractivity contribution >= 4 is 17.3 Å². The van der Waals surface area contributed by atoms with E-state index in [0.29, 0.717) is 6.54 Å². The first-order chi connectivity index (χ1) is 9.24. The zero-order valence-corrected chi connectivity index (χ0v) is 11.2. The van der Waals surface area contributed by atoms with Gasteiger partial charge in [0.15, 0.2) is 5.69 Å². The van der Waals surface area contributed by atoms with Crippen molar-refractivity contribution in [2.24, 2.45) is 0 Å². The van der Waals surface area contributed by atoms with Gasteiger partial charge in [-0.3, -0.25) is 4.90 Å². The number of fused-ring (bicyclic) bond motifs is 1. The summed E-state index contributed by atoms with van der Waals surface area (Å²) in [5, 5.41) is 11.3. The van der Waals surface area contributed by atoms with Crippen LogP contribution in [-0.4, -0.2) is 27.5 Å². The minimum atomic E-state index is -0.955. The molecule has 0 aliphatic carbocycles. The molecule has 98 valence electrons. The van der Waals surface area contributed by atoms with Crippen LogP contribution in [0.25, 0.3) is 0 Å². The second-order valence-corrected chi connectivity index (χ2v) is 5.65. The lowest BCUT2D eigenvalue weighted by molar-refractivity contribution is 0.0687. The summed E-state index contributed by atoms with van der Waals surface area (Å²) in [5.41, 5.74) is 2.32. The van der Waals surface area contributed by atoms with E-state index in [1.807, 2.05) is 17.4 Å². The van der Waals surface area contributed by atoms with Gasteiger partial charge in [-0.25, -0.2) is 9.78 Å². The van der Waals surface area contributed by atoms with E-state index in [9.17, 15) is 4.79 Å². The topological polar surface area (TPSA) is 53.4 Å². The molecular formula is C14H14N2O2S. The third-order valence-electron chi connectivity index (χ3n) is 3.37. The van der Waals surface area contributed by atoms with Gasteiger partial charge in [0.05, 0.1) is 0 Å². The highest BCUT2D eigenvalue weighted by molar-refractivity contribution is 7.10. The minimum Gasteiger partial charge on any atom is -0.477 e. The van der Waals surface area contributed by atoms with Gasteiger partial charge in [-0.1, -0.05) is 6.07 Å². The Kier molecular flexibility index (Phi) is 3.31. The Morgan fingerprint density at radius 1 is 1.47 bits per heavy atom. The van der Waals surface area contributed by atoms with Gasteiger partial charge < -0.3 is 5.11 Å². The third kappa shape index (κ3) is 2.52. The molecule has 0 spiro atoms. The number of pyridine rings is 1. The zero-order valence-electron chi connectivity index (χ0n) is 10.4. The van der Waals surface area contributed by atoms with Gasteiger partial charge in [0.1, 0.15) is 0 Å². The molecule has 19 heavy (non-hydrogen) atoms. The van der Waals surface area contributed by atoms with Gasteiger partial charge in [0, 0.05) is 30.7 Å². The van der Waals surface area contributed by atoms with Crippen LogP contribution in [0.5, 0.6) is 0 Å². The predicted octanol–water partition coefficient (Wildman–Crippen LogP) is 2.40. The van der Waals surface area contributed by atoms with E-state index in [1.54, 1.807) is 6.07 Å². The van der Waals surface area contributed by atoms with Gasteiger partial charge in [-0.05, 0) is 35.1 Å². The Morgan fingerprint density at radius 2 is 2.37 bits per heavy atom. The number of thiophene rings is 1. The lowest BCUT2D eigenvalue weighted by atomic mass is 10.1. The van der Waals surface area contributed by atoms with Crippen LogP contribution in [0, 0.1) is 0 Å². The molecule has 0 amide bonds. The van der Waals surface area contributed by atoms with Crippen LogP contribution in [0.3, 0.4) is 0 Å². The van der Waals surface area contributed by atoms with Crippen molar-refractivity contribution in [3.63, 3.8) is 0 Å². The van der Waals surface area contributed by atoms with Crippen molar-refractivity contribution in [3.8, 4) is 0 Å². The highest BCUT2D eigenvalue weighted by atomic mass is 32.1. The summed E-state index contributed by atoms with van der Waals surface area (Å²) in [5.74, 6) is -0.955. The maximum absolute atomic E-state index is 11.1. The molecule has 2 aromatic rings. The summed E-state index contributed by atoms with van der Waals surface area (Å²) in [6.45, 7) is 2.51. The van der Waals surface area contributed by atoms with Crippen LogP contribution >= 0.6 is 11.3 Å². The van der Waals surface area contributed by atoms with Gasteiger partial charge in [-0.2, -0.15) is 0 Å². The van der Waals surface area contributed by atoms with Crippen LogP contribution in [0.15, 0.2) is 29.8 Å². The Balaban J connectivity index is 1.78. The number of aromatic nitrogens is 1. The van der Waals surface area contributed by atoms with Gasteiger partial charge in [0.2, 0.25) is 0 Å². The Bertz CT molecular complexity index is 609. The number of carbonyl (C=O) groups is 1. The molecule has 1 aliphatic rings. The lowest BCUT2D eigenvalue weighted by Crippen LogP contribution is -2.29. The fourth-order valence-electron chi connectivity index (χ4n) is 2.44. The van der Waals surface area contributed by atoms with Crippen LogP contribution in [-0.2, 0) is 19.5 Å². The molecule has 3 heterocycles. The summed E-state index contributed by atoms with van der Waals surface area (Å²) < 4.78 is 0. The summed E-state index contributed by atoms with van der Waals surface area (Å²) in [6.07, 6.45) is 2.58. The zero-order chi connectivity index (χ0) is 13.2. The van der Waals surface area contributed by atoms with E-state index >= 15 is 0 Å². The average molecular weight is 274 g/mol. The molecule has 0 atom stereocenters. The van der Waals surface area contributed by atoms with Crippen molar-refractivity contribution in [1.29, 1.82) is 0 Å². The first kappa shape index (κ1) is 12.3. The molecule has 0 unspecified atom stereocenters. The largest absolute Gasteiger partial charge is 0.477 e. The van der Waals surface area contributed by atoms with E-state index in [4.69, 9.17) is 5.11 Å². The molecule has 3 rings (SSSR count). The standard InChI is InChI=1S/C14H14N2O2S/c17-14(18)13-11(2-1-5-15-13)9-16-6-3-12-10(8-16)4-7-19-12/h1-2,4-5,7H,3,6,8-9H2,(H,17,18). The number of carboxylic acid groups (broad SMARTS) is 1. The van der Waals surface area contributed by atoms with Gasteiger partial charge >= 0.3 is 5.97 Å². The van der Waals surface area contributed by atoms with E-state index in [1.165, 1.54) is 16.6 Å². The highest BCUT2D eigenvalue weighted by Gasteiger charge is 2.19. The Hall–Kier alpha value is -1.72. The molecule has 0 aromatic carbocycles. The minimum absolute atomic E-state index is 0.165. The summed E-state index contributed by atoms with van der Waals surface area (Å²) in [7, 11) is 0. The number of hydrogen-bond donors (Lipinski definition) is 1. The number of nitrogens with zero attached hydrogens (tertiary/aromatic N) is 2. The van der Waals surface area contributed by atoms with Crippen LogP contribution < -0.4 is 0 Å². The maximum atomic E-state index is 11.1. The molecule has 5 heteroatoms. The molecular weight excluding hydrogens is 260 g/mol. The van der Waals surface area contributed by atoms with E-state index in [2.05, 4.69) is 21.3 Å². The number of hydrogen-bond acceptors (Lipinski definition) is 4. The van der Waals surface area contributed by atoms with E-state index in [-0.39, 0.29) is 5.69 Å². The Labute approximate surface area is 115 Å². The monoisotopic (exact) mass is 274 g/mol. The quantitative estimate of drug-likeness (QED) is 0.933. The molecule has 0 bridgehead atoms. The molecule has 0 saturated heterocycles. The Morgan fingerprint density at radius 3 is 3.21 bits per heavy atom. The van der Waals surface area contributed by atoms with Gasteiger partial charge in [0.25, 0.3) is 0 Å². The molecule has 2 aromatic heterocycles. The normalized spacial score (nSPS) is 15.2. The molecule has 1 aliphatic heterocycles. The smallest absolute Gasteiger partial charge is 0.354 e. The molecule has 0 saturated carbocycles. The first-order valence-corrected chi connectivity index (χ1v) is 7.07. The third-order valence-corrected chi connectivity index (χ3v) is 4.40. The van der Waals surface area contributed by atoms with Crippen LogP contribution in [0.1, 0.15) is 26.5 Å². The summed E-state index contributed by atoms with van der Waals surface area (Å²) >= 11 is 1.81. The maximum Gasteiger partial charge on any atom is 0.354 e. The number of aromatic carboxylic acids is 1. The second-order valence-electron chi connectivity index (χ2n) is 4.65. The first-order valence-electron chi connectivity index (χ1n) is 6.19. The summed E-state index contributed by atoms with van der Waals surface area (Å²) in [4.78, 5) is 18.8. The SMILES string of the molecule is O=C(O)c1ncccc1CN1CCc2sccc2C1. The van der Waals surface area contributed by atoms with Crippen molar-refractivity contribution in [1.82, 2.24) is 9.88 Å². The second kappa shape index (κ2) is 5.11. The summed E-state index contributed by atoms with van der Waals surface area (Å²) in [6, 6.07) is 5.80. The molecule has 4 nitrogen and oxygen atoms in total. The lowest BCUT2D eigenvalue weighted by Gasteiger charge is -2.27. The number of carboxylic acids is 1. The van der Waals surface area contributed by atoms with Crippen molar-refractivity contribution in [2.75, 3.05) is 6.54 Å². The molecule has 0 fully saturated rings.